The Morgan fingerprint density at radius 3 is 2.80 bits per heavy atom. The van der Waals surface area contributed by atoms with Crippen LogP contribution in [0.1, 0.15) is 12.5 Å². The van der Waals surface area contributed by atoms with Gasteiger partial charge in [-0.05, 0) is 31.2 Å². The minimum atomic E-state index is -0.312. The van der Waals surface area contributed by atoms with Crippen LogP contribution in [-0.4, -0.2) is 21.1 Å². The number of hydrogen-bond donors (Lipinski definition) is 1. The molecule has 0 aliphatic carbocycles. The van der Waals surface area contributed by atoms with Gasteiger partial charge in [-0.25, -0.2) is 9.97 Å². The van der Waals surface area contributed by atoms with Gasteiger partial charge in [0.1, 0.15) is 0 Å². The topological polar surface area (TPSA) is 78.7 Å². The van der Waals surface area contributed by atoms with Crippen LogP contribution in [0.15, 0.2) is 47.6 Å². The summed E-state index contributed by atoms with van der Waals surface area (Å²) in [4.78, 5) is 20.8. The third kappa shape index (κ3) is 3.80. The summed E-state index contributed by atoms with van der Waals surface area (Å²) in [6.07, 6.45) is 3.13. The van der Waals surface area contributed by atoms with E-state index >= 15 is 0 Å². The number of nitrogens with zero attached hydrogens (tertiary/aromatic N) is 3. The molecule has 100 valence electrons. The van der Waals surface area contributed by atoms with Crippen LogP contribution in [0.5, 0.6) is 0 Å². The summed E-state index contributed by atoms with van der Waals surface area (Å²) < 4.78 is 0. The molecular formula is C14H12N4OS. The molecule has 2 aromatic rings. The Kier molecular flexibility index (Phi) is 4.69. The number of hydrogen-bond acceptors (Lipinski definition) is 5. The lowest BCUT2D eigenvalue weighted by molar-refractivity contribution is -0.115. The summed E-state index contributed by atoms with van der Waals surface area (Å²) in [7, 11) is 0. The lowest BCUT2D eigenvalue weighted by Crippen LogP contribution is -2.23. The van der Waals surface area contributed by atoms with Gasteiger partial charge >= 0.3 is 0 Å². The van der Waals surface area contributed by atoms with Gasteiger partial charge in [0, 0.05) is 17.3 Å². The van der Waals surface area contributed by atoms with Crippen molar-refractivity contribution >= 4 is 23.6 Å². The van der Waals surface area contributed by atoms with Gasteiger partial charge < -0.3 is 0 Å². The molecule has 1 atom stereocenters. The molecule has 20 heavy (non-hydrogen) atoms. The Bertz CT molecular complexity index is 639. The quantitative estimate of drug-likeness (QED) is 0.872. The van der Waals surface area contributed by atoms with E-state index in [4.69, 9.17) is 5.26 Å². The normalized spacial score (nSPS) is 11.4. The number of benzene rings is 1. The maximum atomic E-state index is 12.0. The van der Waals surface area contributed by atoms with Crippen molar-refractivity contribution in [2.24, 2.45) is 0 Å². The molecule has 1 aromatic heterocycles. The molecule has 0 saturated carbocycles. The molecule has 0 radical (unpaired) electrons. The van der Waals surface area contributed by atoms with E-state index < -0.39 is 0 Å². The Balaban J connectivity index is 1.99. The first kappa shape index (κ1) is 14.0. The number of carbonyl (C=O) groups excluding carboxylic acids is 1. The second-order valence-corrected chi connectivity index (χ2v) is 5.38. The number of rotatable bonds is 4. The van der Waals surface area contributed by atoms with Crippen molar-refractivity contribution in [1.29, 1.82) is 5.26 Å². The Hall–Kier alpha value is -2.39. The Morgan fingerprint density at radius 2 is 2.10 bits per heavy atom. The third-order valence-corrected chi connectivity index (χ3v) is 3.54. The first-order valence-electron chi connectivity index (χ1n) is 5.94. The lowest BCUT2D eigenvalue weighted by Gasteiger charge is -2.10. The van der Waals surface area contributed by atoms with Crippen LogP contribution in [0.3, 0.4) is 0 Å². The second kappa shape index (κ2) is 6.68. The summed E-state index contributed by atoms with van der Waals surface area (Å²) in [5, 5.41) is 11.2. The minimum absolute atomic E-state index is 0.177. The van der Waals surface area contributed by atoms with E-state index in [0.717, 1.165) is 4.90 Å². The van der Waals surface area contributed by atoms with E-state index in [9.17, 15) is 4.79 Å². The summed E-state index contributed by atoms with van der Waals surface area (Å²) in [5.41, 5.74) is 0.578. The van der Waals surface area contributed by atoms with Crippen molar-refractivity contribution in [3.8, 4) is 6.07 Å². The van der Waals surface area contributed by atoms with Gasteiger partial charge in [0.05, 0.1) is 16.9 Å². The van der Waals surface area contributed by atoms with Crippen LogP contribution in [-0.2, 0) is 4.79 Å². The molecule has 1 aromatic carbocycles. The molecule has 2 rings (SSSR count). The van der Waals surface area contributed by atoms with Gasteiger partial charge in [0.2, 0.25) is 11.9 Å². The summed E-state index contributed by atoms with van der Waals surface area (Å²) in [6.45, 7) is 1.79. The predicted octanol–water partition coefficient (Wildman–Crippen LogP) is 2.47. The molecule has 1 N–H and O–H groups in total. The zero-order chi connectivity index (χ0) is 14.4. The number of nitrogens with one attached hydrogen (secondary N) is 1. The van der Waals surface area contributed by atoms with Crippen LogP contribution in [0, 0.1) is 11.3 Å². The highest BCUT2D eigenvalue weighted by Crippen LogP contribution is 2.24. The van der Waals surface area contributed by atoms with Gasteiger partial charge in [-0.15, -0.1) is 11.8 Å². The zero-order valence-corrected chi connectivity index (χ0v) is 11.6. The predicted molar refractivity (Wildman–Crippen MR) is 77.1 cm³/mol. The van der Waals surface area contributed by atoms with Crippen molar-refractivity contribution in [3.05, 3.63) is 48.3 Å². The standard InChI is InChI=1S/C14H12N4OS/c1-10(13(19)18-14-16-6-3-7-17-14)20-12-5-2-4-11(8-12)9-15/h2-8,10H,1H3,(H,16,17,18,19)/t10-/m0/s1. The van der Waals surface area contributed by atoms with Crippen molar-refractivity contribution in [1.82, 2.24) is 9.97 Å². The first-order chi connectivity index (χ1) is 9.69. The number of carbonyl (C=O) groups is 1. The lowest BCUT2D eigenvalue weighted by atomic mass is 10.2. The molecule has 0 saturated heterocycles. The highest BCUT2D eigenvalue weighted by molar-refractivity contribution is 8.00. The average molecular weight is 284 g/mol. The molecule has 1 heterocycles. The van der Waals surface area contributed by atoms with Crippen LogP contribution < -0.4 is 5.32 Å². The van der Waals surface area contributed by atoms with Crippen molar-refractivity contribution in [2.45, 2.75) is 17.1 Å². The zero-order valence-electron chi connectivity index (χ0n) is 10.8. The smallest absolute Gasteiger partial charge is 0.239 e. The third-order valence-electron chi connectivity index (χ3n) is 2.45. The van der Waals surface area contributed by atoms with Crippen LogP contribution in [0.2, 0.25) is 0 Å². The number of thioether (sulfide) groups is 1. The van der Waals surface area contributed by atoms with Gasteiger partial charge in [0.25, 0.3) is 0 Å². The fourth-order valence-electron chi connectivity index (χ4n) is 1.47. The van der Waals surface area contributed by atoms with Crippen LogP contribution >= 0.6 is 11.8 Å². The summed E-state index contributed by atoms with van der Waals surface area (Å²) in [6, 6.07) is 10.9. The van der Waals surface area contributed by atoms with Crippen LogP contribution in [0.25, 0.3) is 0 Å². The largest absolute Gasteiger partial charge is 0.294 e. The monoisotopic (exact) mass is 284 g/mol. The van der Waals surface area contributed by atoms with Gasteiger partial charge in [-0.3, -0.25) is 10.1 Å². The minimum Gasteiger partial charge on any atom is -0.294 e. The molecule has 0 aliphatic heterocycles. The molecule has 0 aliphatic rings. The number of aromatic nitrogens is 2. The fraction of sp³-hybridized carbons (Fsp3) is 0.143. The molecule has 0 unspecified atom stereocenters. The van der Waals surface area contributed by atoms with E-state index in [1.807, 2.05) is 6.07 Å². The van der Waals surface area contributed by atoms with E-state index in [1.165, 1.54) is 11.8 Å². The Labute approximate surface area is 121 Å². The molecular weight excluding hydrogens is 272 g/mol. The highest BCUT2D eigenvalue weighted by Gasteiger charge is 2.15. The molecule has 6 heteroatoms. The first-order valence-corrected chi connectivity index (χ1v) is 6.81. The van der Waals surface area contributed by atoms with Crippen molar-refractivity contribution in [2.75, 3.05) is 5.32 Å². The highest BCUT2D eigenvalue weighted by atomic mass is 32.2. The van der Waals surface area contributed by atoms with Crippen molar-refractivity contribution in [3.63, 3.8) is 0 Å². The Morgan fingerprint density at radius 1 is 1.35 bits per heavy atom. The van der Waals surface area contributed by atoms with Gasteiger partial charge in [-0.1, -0.05) is 6.07 Å². The second-order valence-electron chi connectivity index (χ2n) is 3.96. The van der Waals surface area contributed by atoms with Gasteiger partial charge in [-0.2, -0.15) is 5.26 Å². The SMILES string of the molecule is C[C@H](Sc1cccc(C#N)c1)C(=O)Nc1ncccn1. The van der Waals surface area contributed by atoms with E-state index in [-0.39, 0.29) is 17.1 Å². The van der Waals surface area contributed by atoms with Crippen molar-refractivity contribution < 1.29 is 4.79 Å². The maximum absolute atomic E-state index is 12.0. The maximum Gasteiger partial charge on any atom is 0.239 e. The fourth-order valence-corrected chi connectivity index (χ4v) is 2.40. The number of anilines is 1. The molecule has 0 fully saturated rings. The van der Waals surface area contributed by atoms with Crippen LogP contribution in [0.4, 0.5) is 5.95 Å². The number of amides is 1. The number of nitriles is 1. The van der Waals surface area contributed by atoms with Gasteiger partial charge in [0.15, 0.2) is 0 Å². The van der Waals surface area contributed by atoms with E-state index in [1.54, 1.807) is 43.6 Å². The molecule has 5 nitrogen and oxygen atoms in total. The molecule has 1 amide bonds. The average Bonchev–Trinajstić information content (AvgIpc) is 2.48. The summed E-state index contributed by atoms with van der Waals surface area (Å²) >= 11 is 1.38. The van der Waals surface area contributed by atoms with E-state index in [2.05, 4.69) is 21.4 Å². The summed E-state index contributed by atoms with van der Waals surface area (Å²) in [5.74, 6) is 0.110. The molecule has 0 bridgehead atoms. The van der Waals surface area contributed by atoms with E-state index in [0.29, 0.717) is 5.56 Å². The molecule has 0 spiro atoms.